The molecule has 1 aliphatic heterocycles. The number of fused-ring (bicyclic) bond motifs is 2. The molecular weight excluding hydrogens is 207 g/mol. The van der Waals surface area contributed by atoms with Gasteiger partial charge in [-0.1, -0.05) is 12.8 Å². The third-order valence-corrected chi connectivity index (χ3v) is 3.84. The number of halogens is 3. The molecule has 0 aromatic carbocycles. The van der Waals surface area contributed by atoms with Crippen LogP contribution >= 0.6 is 0 Å². The quantitative estimate of drug-likeness (QED) is 0.655. The number of nitrogens with one attached hydrogen (secondary N) is 1. The van der Waals surface area contributed by atoms with E-state index in [0.717, 1.165) is 12.8 Å². The second-order valence-corrected chi connectivity index (χ2v) is 4.66. The van der Waals surface area contributed by atoms with Gasteiger partial charge in [0.05, 0.1) is 0 Å². The van der Waals surface area contributed by atoms with Gasteiger partial charge in [-0.05, 0) is 12.8 Å². The Hall–Kier alpha value is -0.290. The number of alkyl halides is 3. The van der Waals surface area contributed by atoms with Crippen molar-refractivity contribution in [3.8, 4) is 0 Å². The molecule has 2 aliphatic rings. The summed E-state index contributed by atoms with van der Waals surface area (Å²) in [6.45, 7) is 0.568. The van der Waals surface area contributed by atoms with Crippen LogP contribution in [0.25, 0.3) is 0 Å². The number of hydrogen-bond acceptors (Lipinski definition) is 2. The van der Waals surface area contributed by atoms with Gasteiger partial charge < -0.3 is 10.4 Å². The summed E-state index contributed by atoms with van der Waals surface area (Å²) >= 11 is 0. The smallest absolute Gasteiger partial charge is 0.380 e. The van der Waals surface area contributed by atoms with Crippen LogP contribution in [0.4, 0.5) is 13.2 Å². The Morgan fingerprint density at radius 2 is 1.53 bits per heavy atom. The zero-order valence-corrected chi connectivity index (χ0v) is 8.48. The molecule has 1 heterocycles. The summed E-state index contributed by atoms with van der Waals surface area (Å²) in [6.07, 6.45) is -1.96. The van der Waals surface area contributed by atoms with Gasteiger partial charge in [-0.3, -0.25) is 0 Å². The molecule has 15 heavy (non-hydrogen) atoms. The predicted molar refractivity (Wildman–Crippen MR) is 49.3 cm³/mol. The SMILES string of the molecule is OC1(C(F)(F)F)[C@@H]2CCCC[C@@H]1CNC2. The van der Waals surface area contributed by atoms with Crippen LogP contribution in [0.1, 0.15) is 25.7 Å². The Balaban J connectivity index is 2.33. The van der Waals surface area contributed by atoms with Crippen LogP contribution in [0.2, 0.25) is 0 Å². The minimum atomic E-state index is -4.49. The molecule has 1 saturated carbocycles. The molecule has 0 amide bonds. The summed E-state index contributed by atoms with van der Waals surface area (Å²) in [6, 6.07) is 0. The van der Waals surface area contributed by atoms with Gasteiger partial charge in [-0.2, -0.15) is 13.2 Å². The maximum atomic E-state index is 12.9. The summed E-state index contributed by atoms with van der Waals surface area (Å²) in [7, 11) is 0. The Morgan fingerprint density at radius 3 is 1.93 bits per heavy atom. The van der Waals surface area contributed by atoms with E-state index in [-0.39, 0.29) is 13.1 Å². The molecule has 1 aliphatic carbocycles. The van der Waals surface area contributed by atoms with Crippen LogP contribution in [0, 0.1) is 11.8 Å². The topological polar surface area (TPSA) is 32.3 Å². The lowest BCUT2D eigenvalue weighted by atomic mass is 9.72. The van der Waals surface area contributed by atoms with Crippen molar-refractivity contribution in [1.29, 1.82) is 0 Å². The highest BCUT2D eigenvalue weighted by Crippen LogP contribution is 2.48. The first kappa shape index (κ1) is 11.2. The van der Waals surface area contributed by atoms with Crippen molar-refractivity contribution in [3.63, 3.8) is 0 Å². The van der Waals surface area contributed by atoms with E-state index in [2.05, 4.69) is 5.32 Å². The number of aliphatic hydroxyl groups is 1. The van der Waals surface area contributed by atoms with E-state index < -0.39 is 23.6 Å². The third kappa shape index (κ3) is 1.65. The normalized spacial score (nSPS) is 42.4. The van der Waals surface area contributed by atoms with Crippen molar-refractivity contribution < 1.29 is 18.3 Å². The van der Waals surface area contributed by atoms with E-state index >= 15 is 0 Å². The molecule has 2 N–H and O–H groups in total. The van der Waals surface area contributed by atoms with E-state index in [9.17, 15) is 18.3 Å². The van der Waals surface area contributed by atoms with Crippen molar-refractivity contribution >= 4 is 0 Å². The summed E-state index contributed by atoms with van der Waals surface area (Å²) in [5, 5.41) is 13.0. The minimum absolute atomic E-state index is 0.284. The van der Waals surface area contributed by atoms with Crippen molar-refractivity contribution in [2.24, 2.45) is 11.8 Å². The van der Waals surface area contributed by atoms with Crippen molar-refractivity contribution in [3.05, 3.63) is 0 Å². The summed E-state index contributed by atoms with van der Waals surface area (Å²) in [5.74, 6) is -1.34. The molecule has 0 aromatic rings. The molecule has 5 heteroatoms. The molecule has 2 rings (SSSR count). The van der Waals surface area contributed by atoms with Crippen molar-refractivity contribution in [2.75, 3.05) is 13.1 Å². The zero-order chi connectivity index (χ0) is 11.1. The van der Waals surface area contributed by atoms with Gasteiger partial charge in [-0.15, -0.1) is 0 Å². The highest BCUT2D eigenvalue weighted by molar-refractivity contribution is 5.04. The lowest BCUT2D eigenvalue weighted by Gasteiger charge is -2.45. The van der Waals surface area contributed by atoms with E-state index in [1.54, 1.807) is 0 Å². The maximum absolute atomic E-state index is 12.9. The Bertz CT molecular complexity index is 227. The van der Waals surface area contributed by atoms with Crippen LogP contribution < -0.4 is 5.32 Å². The molecular formula is C10H16F3NO. The first-order chi connectivity index (χ1) is 6.96. The molecule has 0 radical (unpaired) electrons. The maximum Gasteiger partial charge on any atom is 0.417 e. The van der Waals surface area contributed by atoms with Gasteiger partial charge in [0.15, 0.2) is 5.60 Å². The Morgan fingerprint density at radius 1 is 1.07 bits per heavy atom. The standard InChI is InChI=1S/C10H16F3NO/c11-10(12,13)9(15)7-3-1-2-4-8(9)6-14-5-7/h7-8,14-15H,1-6H2/t7-,8-/m1/s1. The second-order valence-electron chi connectivity index (χ2n) is 4.66. The summed E-state index contributed by atoms with van der Waals surface area (Å²) in [5.41, 5.74) is -2.45. The van der Waals surface area contributed by atoms with E-state index in [4.69, 9.17) is 0 Å². The predicted octanol–water partition coefficient (Wildman–Crippen LogP) is 1.69. The van der Waals surface area contributed by atoms with Gasteiger partial charge in [0.25, 0.3) is 0 Å². The van der Waals surface area contributed by atoms with Crippen LogP contribution in [0.3, 0.4) is 0 Å². The van der Waals surface area contributed by atoms with Gasteiger partial charge in [0, 0.05) is 24.9 Å². The van der Waals surface area contributed by atoms with Crippen molar-refractivity contribution in [2.45, 2.75) is 37.5 Å². The van der Waals surface area contributed by atoms with E-state index in [1.165, 1.54) is 0 Å². The minimum Gasteiger partial charge on any atom is -0.380 e. The van der Waals surface area contributed by atoms with E-state index in [0.29, 0.717) is 12.8 Å². The molecule has 1 saturated heterocycles. The summed E-state index contributed by atoms with van der Waals surface area (Å²) < 4.78 is 38.8. The van der Waals surface area contributed by atoms with Crippen LogP contribution in [-0.4, -0.2) is 30.0 Å². The first-order valence-corrected chi connectivity index (χ1v) is 5.46. The van der Waals surface area contributed by atoms with Crippen LogP contribution in [0.5, 0.6) is 0 Å². The zero-order valence-electron chi connectivity index (χ0n) is 8.48. The average molecular weight is 223 g/mol. The highest BCUT2D eigenvalue weighted by Gasteiger charge is 2.63. The van der Waals surface area contributed by atoms with Gasteiger partial charge in [-0.25, -0.2) is 0 Å². The largest absolute Gasteiger partial charge is 0.417 e. The van der Waals surface area contributed by atoms with E-state index in [1.807, 2.05) is 0 Å². The Kier molecular flexibility index (Phi) is 2.71. The monoisotopic (exact) mass is 223 g/mol. The fraction of sp³-hybridized carbons (Fsp3) is 1.00. The van der Waals surface area contributed by atoms with Gasteiger partial charge in [0.2, 0.25) is 0 Å². The third-order valence-electron chi connectivity index (χ3n) is 3.84. The Labute approximate surface area is 86.9 Å². The number of rotatable bonds is 0. The molecule has 88 valence electrons. The average Bonchev–Trinajstić information content (AvgIpc) is 2.25. The fourth-order valence-electron chi connectivity index (χ4n) is 2.96. The number of piperidine rings is 1. The van der Waals surface area contributed by atoms with Gasteiger partial charge >= 0.3 is 6.18 Å². The highest BCUT2D eigenvalue weighted by atomic mass is 19.4. The molecule has 0 aromatic heterocycles. The summed E-state index contributed by atoms with van der Waals surface area (Å²) in [4.78, 5) is 0. The van der Waals surface area contributed by atoms with Crippen molar-refractivity contribution in [1.82, 2.24) is 5.32 Å². The second kappa shape index (κ2) is 3.63. The lowest BCUT2D eigenvalue weighted by molar-refractivity contribution is -0.303. The molecule has 2 bridgehead atoms. The first-order valence-electron chi connectivity index (χ1n) is 5.46. The van der Waals surface area contributed by atoms with Gasteiger partial charge in [0.1, 0.15) is 0 Å². The molecule has 2 fully saturated rings. The van der Waals surface area contributed by atoms with Crippen LogP contribution in [0.15, 0.2) is 0 Å². The molecule has 0 unspecified atom stereocenters. The lowest BCUT2D eigenvalue weighted by Crippen LogP contribution is -2.63. The fourth-order valence-corrected chi connectivity index (χ4v) is 2.96. The molecule has 2 nitrogen and oxygen atoms in total. The van der Waals surface area contributed by atoms with Crippen LogP contribution in [-0.2, 0) is 0 Å². The molecule has 2 atom stereocenters. The number of hydrogen-bond donors (Lipinski definition) is 2. The molecule has 0 spiro atoms.